The SMILES string of the molecule is CN(C)CCCN(CCC#N)C(=O)c1cnc2sc(Cc3ccccc3)cn2c1=O. The number of fused-ring (bicyclic) bond motifs is 1. The summed E-state index contributed by atoms with van der Waals surface area (Å²) < 4.78 is 1.46. The third kappa shape index (κ3) is 5.32. The maximum absolute atomic E-state index is 13.0. The van der Waals surface area contributed by atoms with Crippen LogP contribution in [-0.4, -0.2) is 58.8 Å². The lowest BCUT2D eigenvalue weighted by atomic mass is 10.1. The Morgan fingerprint density at radius 1 is 1.20 bits per heavy atom. The molecule has 156 valence electrons. The van der Waals surface area contributed by atoms with E-state index < -0.39 is 0 Å². The summed E-state index contributed by atoms with van der Waals surface area (Å²) in [5, 5.41) is 8.93. The number of benzene rings is 1. The molecule has 7 nitrogen and oxygen atoms in total. The third-order valence-electron chi connectivity index (χ3n) is 4.72. The molecule has 0 aliphatic carbocycles. The second-order valence-electron chi connectivity index (χ2n) is 7.35. The van der Waals surface area contributed by atoms with E-state index in [2.05, 4.69) is 11.1 Å². The van der Waals surface area contributed by atoms with Gasteiger partial charge in [0.1, 0.15) is 5.56 Å². The smallest absolute Gasteiger partial charge is 0.271 e. The largest absolute Gasteiger partial charge is 0.337 e. The fourth-order valence-corrected chi connectivity index (χ4v) is 4.18. The Labute approximate surface area is 179 Å². The second-order valence-corrected chi connectivity index (χ2v) is 8.44. The summed E-state index contributed by atoms with van der Waals surface area (Å²) in [6.07, 6.45) is 4.83. The van der Waals surface area contributed by atoms with Crippen LogP contribution >= 0.6 is 11.3 Å². The molecule has 0 bridgehead atoms. The van der Waals surface area contributed by atoms with E-state index in [0.717, 1.165) is 23.4 Å². The van der Waals surface area contributed by atoms with Gasteiger partial charge in [-0.1, -0.05) is 30.3 Å². The summed E-state index contributed by atoms with van der Waals surface area (Å²) in [5.41, 5.74) is 0.825. The van der Waals surface area contributed by atoms with Crippen LogP contribution in [0.4, 0.5) is 0 Å². The molecule has 3 aromatic rings. The van der Waals surface area contributed by atoms with E-state index in [0.29, 0.717) is 24.5 Å². The Morgan fingerprint density at radius 2 is 1.97 bits per heavy atom. The minimum atomic E-state index is -0.369. The zero-order chi connectivity index (χ0) is 21.5. The Balaban J connectivity index is 1.84. The first-order valence-corrected chi connectivity index (χ1v) is 10.7. The number of thiazole rings is 1. The molecule has 2 heterocycles. The lowest BCUT2D eigenvalue weighted by Crippen LogP contribution is -2.37. The molecule has 0 radical (unpaired) electrons. The van der Waals surface area contributed by atoms with Crippen LogP contribution in [0.15, 0.2) is 47.5 Å². The molecule has 0 N–H and O–H groups in total. The Bertz CT molecular complexity index is 1100. The minimum Gasteiger partial charge on any atom is -0.337 e. The van der Waals surface area contributed by atoms with Gasteiger partial charge in [-0.15, -0.1) is 11.3 Å². The van der Waals surface area contributed by atoms with Crippen molar-refractivity contribution in [1.82, 2.24) is 19.2 Å². The highest BCUT2D eigenvalue weighted by Gasteiger charge is 2.21. The standard InChI is InChI=1S/C22H25N5O2S/c1-25(2)11-7-13-26(12-6-10-23)20(28)19-15-24-22-27(21(19)29)16-18(30-22)14-17-8-4-3-5-9-17/h3-5,8-9,15-16H,6-7,11-14H2,1-2H3. The van der Waals surface area contributed by atoms with Crippen LogP contribution in [0.1, 0.15) is 33.6 Å². The van der Waals surface area contributed by atoms with E-state index in [1.165, 1.54) is 21.9 Å². The fraction of sp³-hybridized carbons (Fsp3) is 0.364. The molecule has 0 atom stereocenters. The lowest BCUT2D eigenvalue weighted by Gasteiger charge is -2.22. The number of carbonyl (C=O) groups is 1. The van der Waals surface area contributed by atoms with Gasteiger partial charge in [0, 0.05) is 36.8 Å². The number of rotatable bonds is 9. The molecule has 8 heteroatoms. The molecule has 30 heavy (non-hydrogen) atoms. The van der Waals surface area contributed by atoms with Crippen LogP contribution in [0.5, 0.6) is 0 Å². The first-order chi connectivity index (χ1) is 14.5. The summed E-state index contributed by atoms with van der Waals surface area (Å²) in [4.78, 5) is 35.6. The number of hydrogen-bond acceptors (Lipinski definition) is 6. The molecule has 0 aliphatic rings. The number of hydrogen-bond donors (Lipinski definition) is 0. The zero-order valence-electron chi connectivity index (χ0n) is 17.2. The van der Waals surface area contributed by atoms with Crippen molar-refractivity contribution in [3.05, 3.63) is 69.1 Å². The van der Waals surface area contributed by atoms with Crippen molar-refractivity contribution in [3.63, 3.8) is 0 Å². The molecular formula is C22H25N5O2S. The van der Waals surface area contributed by atoms with Crippen molar-refractivity contribution in [2.75, 3.05) is 33.7 Å². The number of amides is 1. The van der Waals surface area contributed by atoms with E-state index in [1.807, 2.05) is 49.3 Å². The van der Waals surface area contributed by atoms with E-state index in [-0.39, 0.29) is 23.5 Å². The van der Waals surface area contributed by atoms with Crippen LogP contribution in [-0.2, 0) is 6.42 Å². The maximum Gasteiger partial charge on any atom is 0.271 e. The monoisotopic (exact) mass is 423 g/mol. The number of nitrogens with zero attached hydrogens (tertiary/aromatic N) is 5. The number of carbonyl (C=O) groups excluding carboxylic acids is 1. The molecular weight excluding hydrogens is 398 g/mol. The summed E-state index contributed by atoms with van der Waals surface area (Å²) in [5.74, 6) is -0.369. The van der Waals surface area contributed by atoms with Crippen molar-refractivity contribution < 1.29 is 4.79 Å². The third-order valence-corrected chi connectivity index (χ3v) is 5.72. The van der Waals surface area contributed by atoms with Crippen LogP contribution in [0.3, 0.4) is 0 Å². The first-order valence-electron chi connectivity index (χ1n) is 9.84. The van der Waals surface area contributed by atoms with E-state index >= 15 is 0 Å². The van der Waals surface area contributed by atoms with E-state index in [4.69, 9.17) is 5.26 Å². The van der Waals surface area contributed by atoms with E-state index in [9.17, 15) is 9.59 Å². The molecule has 0 fully saturated rings. The van der Waals surface area contributed by atoms with Gasteiger partial charge in [-0.25, -0.2) is 4.98 Å². The molecule has 0 unspecified atom stereocenters. The van der Waals surface area contributed by atoms with Crippen LogP contribution in [0.2, 0.25) is 0 Å². The molecule has 0 saturated carbocycles. The van der Waals surface area contributed by atoms with Gasteiger partial charge in [-0.3, -0.25) is 14.0 Å². The molecule has 1 amide bonds. The molecule has 2 aromatic heterocycles. The minimum absolute atomic E-state index is 0.0411. The average Bonchev–Trinajstić information content (AvgIpc) is 3.14. The molecule has 0 aliphatic heterocycles. The van der Waals surface area contributed by atoms with Crippen molar-refractivity contribution in [1.29, 1.82) is 5.26 Å². The van der Waals surface area contributed by atoms with Crippen molar-refractivity contribution >= 4 is 22.2 Å². The topological polar surface area (TPSA) is 81.7 Å². The number of aromatic nitrogens is 2. The highest BCUT2D eigenvalue weighted by atomic mass is 32.1. The quantitative estimate of drug-likeness (QED) is 0.528. The Kier molecular flexibility index (Phi) is 7.33. The summed E-state index contributed by atoms with van der Waals surface area (Å²) in [6, 6.07) is 12.1. The molecule has 0 saturated heterocycles. The summed E-state index contributed by atoms with van der Waals surface area (Å²) >= 11 is 1.44. The van der Waals surface area contributed by atoms with Gasteiger partial charge in [0.05, 0.1) is 12.5 Å². The van der Waals surface area contributed by atoms with Gasteiger partial charge in [0.15, 0.2) is 4.96 Å². The fourth-order valence-electron chi connectivity index (χ4n) is 3.20. The normalized spacial score (nSPS) is 11.0. The zero-order valence-corrected chi connectivity index (χ0v) is 18.1. The van der Waals surface area contributed by atoms with Gasteiger partial charge >= 0.3 is 0 Å². The second kappa shape index (κ2) is 10.1. The van der Waals surface area contributed by atoms with Crippen LogP contribution in [0.25, 0.3) is 4.96 Å². The van der Waals surface area contributed by atoms with Crippen LogP contribution < -0.4 is 5.56 Å². The lowest BCUT2D eigenvalue weighted by molar-refractivity contribution is 0.0751. The van der Waals surface area contributed by atoms with Gasteiger partial charge in [-0.05, 0) is 32.6 Å². The van der Waals surface area contributed by atoms with Crippen molar-refractivity contribution in [2.45, 2.75) is 19.3 Å². The van der Waals surface area contributed by atoms with Gasteiger partial charge in [0.25, 0.3) is 11.5 Å². The van der Waals surface area contributed by atoms with Crippen LogP contribution in [0, 0.1) is 11.3 Å². The van der Waals surface area contributed by atoms with Gasteiger partial charge in [-0.2, -0.15) is 5.26 Å². The summed E-state index contributed by atoms with van der Waals surface area (Å²) in [6.45, 7) is 1.61. The Hall–Kier alpha value is -3.02. The molecule has 1 aromatic carbocycles. The molecule has 0 spiro atoms. The molecule has 3 rings (SSSR count). The first kappa shape index (κ1) is 21.7. The van der Waals surface area contributed by atoms with Gasteiger partial charge in [0.2, 0.25) is 0 Å². The van der Waals surface area contributed by atoms with Crippen molar-refractivity contribution in [2.24, 2.45) is 0 Å². The predicted molar refractivity (Wildman–Crippen MR) is 118 cm³/mol. The predicted octanol–water partition coefficient (Wildman–Crippen LogP) is 2.65. The highest BCUT2D eigenvalue weighted by molar-refractivity contribution is 7.17. The highest BCUT2D eigenvalue weighted by Crippen LogP contribution is 2.18. The Morgan fingerprint density at radius 3 is 2.67 bits per heavy atom. The average molecular weight is 424 g/mol. The van der Waals surface area contributed by atoms with Gasteiger partial charge < -0.3 is 9.80 Å². The number of nitriles is 1. The summed E-state index contributed by atoms with van der Waals surface area (Å²) in [7, 11) is 3.94. The van der Waals surface area contributed by atoms with Crippen molar-refractivity contribution in [3.8, 4) is 6.07 Å². The maximum atomic E-state index is 13.0. The van der Waals surface area contributed by atoms with E-state index in [1.54, 1.807) is 11.1 Å².